The fraction of sp³-hybridized carbons (Fsp3) is 0.333. The van der Waals surface area contributed by atoms with E-state index in [-0.39, 0.29) is 0 Å². The third-order valence-corrected chi connectivity index (χ3v) is 1.34. The highest BCUT2D eigenvalue weighted by Gasteiger charge is 2.02. The summed E-state index contributed by atoms with van der Waals surface area (Å²) in [5.74, 6) is 1.25. The summed E-state index contributed by atoms with van der Waals surface area (Å²) in [7, 11) is 0. The van der Waals surface area contributed by atoms with Gasteiger partial charge in [0.25, 0.3) is 0 Å². The van der Waals surface area contributed by atoms with Gasteiger partial charge in [-0.3, -0.25) is 0 Å². The predicted octanol–water partition coefficient (Wildman–Crippen LogP) is 2.20. The van der Waals surface area contributed by atoms with E-state index >= 15 is 0 Å². The number of aliphatic imine (C=N–C) groups is 2. The first-order chi connectivity index (χ1) is 5.33. The second-order valence-corrected chi connectivity index (χ2v) is 2.47. The maximum Gasteiger partial charge on any atom is 0.148 e. The molecule has 0 bridgehead atoms. The highest BCUT2D eigenvalue weighted by Crippen LogP contribution is 2.10. The van der Waals surface area contributed by atoms with Crippen LogP contribution >= 0.6 is 0 Å². The van der Waals surface area contributed by atoms with Gasteiger partial charge in [-0.15, -0.1) is 0 Å². The van der Waals surface area contributed by atoms with Crippen molar-refractivity contribution in [2.75, 3.05) is 0 Å². The minimum Gasteiger partial charge on any atom is -0.241 e. The molecule has 0 aromatic carbocycles. The fourth-order valence-electron chi connectivity index (χ4n) is 0.797. The van der Waals surface area contributed by atoms with Gasteiger partial charge >= 0.3 is 0 Å². The fourth-order valence-corrected chi connectivity index (χ4v) is 0.797. The zero-order chi connectivity index (χ0) is 8.10. The molecule has 1 rings (SSSR count). The Morgan fingerprint density at radius 1 is 1.64 bits per heavy atom. The molecule has 58 valence electrons. The number of nitrogens with zero attached hydrogens (tertiary/aromatic N) is 2. The second kappa shape index (κ2) is 3.86. The molecule has 0 saturated heterocycles. The number of rotatable bonds is 2. The molecule has 0 amide bonds. The molecule has 1 aliphatic heterocycles. The largest absolute Gasteiger partial charge is 0.241 e. The van der Waals surface area contributed by atoms with Gasteiger partial charge in [0.05, 0.1) is 0 Å². The zero-order valence-electron chi connectivity index (χ0n) is 6.86. The summed E-state index contributed by atoms with van der Waals surface area (Å²) >= 11 is 0. The number of allylic oxidation sites excluding steroid dienone is 3. The molecule has 1 aliphatic rings. The van der Waals surface area contributed by atoms with Crippen LogP contribution in [-0.2, 0) is 0 Å². The third-order valence-electron chi connectivity index (χ3n) is 1.34. The molecule has 2 heteroatoms. The van der Waals surface area contributed by atoms with Crippen molar-refractivity contribution in [3.63, 3.8) is 0 Å². The first kappa shape index (κ1) is 7.92. The molecule has 0 spiro atoms. The second-order valence-electron chi connectivity index (χ2n) is 2.47. The molecule has 0 fully saturated rings. The lowest BCUT2D eigenvalue weighted by Crippen LogP contribution is -1.81. The highest BCUT2D eigenvalue weighted by atomic mass is 15.0. The van der Waals surface area contributed by atoms with Gasteiger partial charge in [0, 0.05) is 18.3 Å². The molecule has 0 radical (unpaired) electrons. The van der Waals surface area contributed by atoms with Crippen LogP contribution in [0.15, 0.2) is 34.0 Å². The topological polar surface area (TPSA) is 24.7 Å². The van der Waals surface area contributed by atoms with E-state index in [1.54, 1.807) is 6.21 Å². The first-order valence-corrected chi connectivity index (χ1v) is 3.74. The Balaban J connectivity index is 2.51. The minimum atomic E-state index is 0.438. The minimum absolute atomic E-state index is 0.438. The lowest BCUT2D eigenvalue weighted by atomic mass is 10.2. The first-order valence-electron chi connectivity index (χ1n) is 3.74. The van der Waals surface area contributed by atoms with E-state index in [9.17, 15) is 0 Å². The number of hydrogen-bond acceptors (Lipinski definition) is 2. The van der Waals surface area contributed by atoms with Crippen molar-refractivity contribution >= 4 is 12.4 Å². The van der Waals surface area contributed by atoms with Crippen LogP contribution in [0, 0.1) is 5.92 Å². The van der Waals surface area contributed by atoms with Crippen molar-refractivity contribution in [2.24, 2.45) is 15.9 Å². The molecular weight excluding hydrogens is 136 g/mol. The molecule has 11 heavy (non-hydrogen) atoms. The molecule has 2 nitrogen and oxygen atoms in total. The Kier molecular flexibility index (Phi) is 2.78. The van der Waals surface area contributed by atoms with Crippen molar-refractivity contribution < 1.29 is 0 Å². The van der Waals surface area contributed by atoms with Crippen molar-refractivity contribution in [1.29, 1.82) is 0 Å². The molecule has 1 unspecified atom stereocenters. The highest BCUT2D eigenvalue weighted by molar-refractivity contribution is 5.74. The summed E-state index contributed by atoms with van der Waals surface area (Å²) < 4.78 is 0. The van der Waals surface area contributed by atoms with E-state index in [1.807, 2.05) is 31.4 Å². The molecular formula is C9H12N2. The van der Waals surface area contributed by atoms with Gasteiger partial charge in [-0.1, -0.05) is 13.0 Å². The summed E-state index contributed by atoms with van der Waals surface area (Å²) in [5.41, 5.74) is 0. The Labute approximate surface area is 67.1 Å². The van der Waals surface area contributed by atoms with Gasteiger partial charge < -0.3 is 0 Å². The molecule has 0 aromatic rings. The number of hydrogen-bond donors (Lipinski definition) is 0. The predicted molar refractivity (Wildman–Crippen MR) is 49.0 cm³/mol. The van der Waals surface area contributed by atoms with Gasteiger partial charge in [0.15, 0.2) is 0 Å². The average molecular weight is 148 g/mol. The van der Waals surface area contributed by atoms with E-state index in [2.05, 4.69) is 16.9 Å². The van der Waals surface area contributed by atoms with Crippen LogP contribution in [0.2, 0.25) is 0 Å². The van der Waals surface area contributed by atoms with E-state index in [0.717, 1.165) is 5.82 Å². The van der Waals surface area contributed by atoms with Crippen LogP contribution in [-0.4, -0.2) is 12.4 Å². The summed E-state index contributed by atoms with van der Waals surface area (Å²) in [6, 6.07) is 0. The molecule has 0 saturated carbocycles. The van der Waals surface area contributed by atoms with Crippen LogP contribution in [0.1, 0.15) is 13.8 Å². The molecule has 0 N–H and O–H groups in total. The van der Waals surface area contributed by atoms with Gasteiger partial charge in [-0.25, -0.2) is 9.98 Å². The van der Waals surface area contributed by atoms with E-state index in [1.165, 1.54) is 0 Å². The molecule has 1 heterocycles. The molecule has 1 atom stereocenters. The lowest BCUT2D eigenvalue weighted by Gasteiger charge is -1.84. The smallest absolute Gasteiger partial charge is 0.148 e. The Morgan fingerprint density at radius 2 is 2.45 bits per heavy atom. The maximum absolute atomic E-state index is 4.11. The monoisotopic (exact) mass is 148 g/mol. The van der Waals surface area contributed by atoms with Gasteiger partial charge in [0.1, 0.15) is 5.82 Å². The van der Waals surface area contributed by atoms with E-state index in [0.29, 0.717) is 5.92 Å². The van der Waals surface area contributed by atoms with Crippen molar-refractivity contribution in [1.82, 2.24) is 0 Å². The summed E-state index contributed by atoms with van der Waals surface area (Å²) in [5, 5.41) is 0. The Morgan fingerprint density at radius 3 is 3.00 bits per heavy atom. The van der Waals surface area contributed by atoms with Crippen LogP contribution in [0.4, 0.5) is 0 Å². The summed E-state index contributed by atoms with van der Waals surface area (Å²) in [4.78, 5) is 8.21. The standard InChI is InChI=1S/C9H12N2/c1-3-4-5-10-9-6-8(2)7-11-9/h3-8H,1-2H3/b4-3-,10-5?. The summed E-state index contributed by atoms with van der Waals surface area (Å²) in [6.45, 7) is 4.04. The Hall–Kier alpha value is -1.18. The van der Waals surface area contributed by atoms with E-state index in [4.69, 9.17) is 0 Å². The van der Waals surface area contributed by atoms with Crippen molar-refractivity contribution in [3.8, 4) is 0 Å². The Bertz CT molecular complexity index is 234. The third kappa shape index (κ3) is 2.50. The van der Waals surface area contributed by atoms with Gasteiger partial charge in [-0.05, 0) is 19.1 Å². The van der Waals surface area contributed by atoms with Gasteiger partial charge in [0.2, 0.25) is 0 Å². The lowest BCUT2D eigenvalue weighted by molar-refractivity contribution is 1.04. The van der Waals surface area contributed by atoms with E-state index < -0.39 is 0 Å². The molecule has 0 aliphatic carbocycles. The van der Waals surface area contributed by atoms with Crippen LogP contribution in [0.25, 0.3) is 0 Å². The van der Waals surface area contributed by atoms with Crippen molar-refractivity contribution in [3.05, 3.63) is 24.0 Å². The molecule has 0 aromatic heterocycles. The van der Waals surface area contributed by atoms with Crippen LogP contribution in [0.3, 0.4) is 0 Å². The van der Waals surface area contributed by atoms with Crippen molar-refractivity contribution in [2.45, 2.75) is 13.8 Å². The van der Waals surface area contributed by atoms with Crippen LogP contribution in [0.5, 0.6) is 0 Å². The quantitative estimate of drug-likeness (QED) is 0.536. The van der Waals surface area contributed by atoms with Crippen LogP contribution < -0.4 is 0 Å². The summed E-state index contributed by atoms with van der Waals surface area (Å²) in [6.07, 6.45) is 9.50. The SMILES string of the molecule is C/C=C\C=NC1=CC(C)C=N1. The zero-order valence-corrected chi connectivity index (χ0v) is 6.86. The van der Waals surface area contributed by atoms with Gasteiger partial charge in [-0.2, -0.15) is 0 Å². The normalized spacial score (nSPS) is 23.8. The average Bonchev–Trinajstić information content (AvgIpc) is 2.37. The maximum atomic E-state index is 4.11.